The van der Waals surface area contributed by atoms with Gasteiger partial charge in [-0.25, -0.2) is 4.98 Å². The minimum atomic E-state index is 0.695. The van der Waals surface area contributed by atoms with Crippen molar-refractivity contribution in [2.75, 3.05) is 11.1 Å². The number of hydrogen-bond acceptors (Lipinski definition) is 4. The molecule has 6 heteroatoms. The quantitative estimate of drug-likeness (QED) is 0.862. The maximum absolute atomic E-state index is 5.60. The van der Waals surface area contributed by atoms with Crippen LogP contribution >= 0.6 is 43.2 Å². The molecule has 1 heterocycles. The number of nitrogens with two attached hydrogens (primary N) is 1. The molecule has 0 atom stereocenters. The van der Waals surface area contributed by atoms with Crippen LogP contribution in [-0.4, -0.2) is 4.98 Å². The topological polar surface area (TPSA) is 50.9 Å². The Morgan fingerprint density at radius 3 is 2.47 bits per heavy atom. The third-order valence-corrected chi connectivity index (χ3v) is 3.78. The first-order chi connectivity index (χ1) is 7.16. The number of aromatic nitrogens is 1. The van der Waals surface area contributed by atoms with Crippen molar-refractivity contribution in [3.05, 3.63) is 33.3 Å². The number of hydrogen-bond donors (Lipinski definition) is 2. The molecule has 0 unspecified atom stereocenters. The molecule has 0 saturated heterocycles. The fraction of sp³-hybridized carbons (Fsp3) is 0. The van der Waals surface area contributed by atoms with Crippen molar-refractivity contribution >= 4 is 59.0 Å². The van der Waals surface area contributed by atoms with Crippen LogP contribution in [0.3, 0.4) is 0 Å². The van der Waals surface area contributed by atoms with Crippen LogP contribution in [0.15, 0.2) is 33.3 Å². The number of anilines is 3. The highest BCUT2D eigenvalue weighted by molar-refractivity contribution is 9.11. The van der Waals surface area contributed by atoms with E-state index in [9.17, 15) is 0 Å². The number of rotatable bonds is 2. The minimum Gasteiger partial charge on any atom is -0.389 e. The smallest absolute Gasteiger partial charge is 0.189 e. The van der Waals surface area contributed by atoms with E-state index in [1.54, 1.807) is 6.20 Å². The zero-order valence-corrected chi connectivity index (χ0v) is 11.5. The first-order valence-corrected chi connectivity index (χ1v) is 6.49. The molecule has 0 fully saturated rings. The third-order valence-electron chi connectivity index (χ3n) is 1.72. The fourth-order valence-electron chi connectivity index (χ4n) is 1.07. The van der Waals surface area contributed by atoms with Crippen molar-refractivity contribution in [1.29, 1.82) is 0 Å². The van der Waals surface area contributed by atoms with Crippen LogP contribution in [-0.2, 0) is 0 Å². The standard InChI is InChI=1S/C9H7Br2N3S/c10-5-2-1-3-6(11)8(5)14-9-13-4-7(12)15-9/h1-4H,12H2,(H,13,14). The molecule has 1 aromatic heterocycles. The average molecular weight is 349 g/mol. The Morgan fingerprint density at radius 2 is 1.93 bits per heavy atom. The van der Waals surface area contributed by atoms with Crippen LogP contribution in [0.1, 0.15) is 0 Å². The van der Waals surface area contributed by atoms with Crippen LogP contribution in [0.4, 0.5) is 15.8 Å². The number of nitrogens with one attached hydrogen (secondary N) is 1. The Bertz CT molecular complexity index is 464. The van der Waals surface area contributed by atoms with Crippen LogP contribution in [0.5, 0.6) is 0 Å². The summed E-state index contributed by atoms with van der Waals surface area (Å²) in [6.45, 7) is 0. The molecule has 0 radical (unpaired) electrons. The van der Waals surface area contributed by atoms with Gasteiger partial charge in [0.15, 0.2) is 5.13 Å². The Kier molecular flexibility index (Phi) is 3.28. The molecule has 3 nitrogen and oxygen atoms in total. The van der Waals surface area contributed by atoms with Gasteiger partial charge in [0.25, 0.3) is 0 Å². The van der Waals surface area contributed by atoms with Crippen LogP contribution in [0, 0.1) is 0 Å². The maximum atomic E-state index is 5.60. The number of nitrogen functional groups attached to an aromatic ring is 1. The van der Waals surface area contributed by atoms with E-state index in [4.69, 9.17) is 5.73 Å². The minimum absolute atomic E-state index is 0.695. The van der Waals surface area contributed by atoms with Crippen molar-refractivity contribution in [1.82, 2.24) is 4.98 Å². The van der Waals surface area contributed by atoms with Gasteiger partial charge in [0, 0.05) is 8.95 Å². The Labute approximate surface area is 108 Å². The van der Waals surface area contributed by atoms with Gasteiger partial charge in [0.2, 0.25) is 0 Å². The molecular formula is C9H7Br2N3S. The summed E-state index contributed by atoms with van der Waals surface area (Å²) < 4.78 is 1.95. The highest BCUT2D eigenvalue weighted by atomic mass is 79.9. The molecular weight excluding hydrogens is 342 g/mol. The van der Waals surface area contributed by atoms with Crippen LogP contribution in [0.25, 0.3) is 0 Å². The van der Waals surface area contributed by atoms with E-state index in [1.165, 1.54) is 11.3 Å². The molecule has 2 rings (SSSR count). The molecule has 0 saturated carbocycles. The SMILES string of the molecule is Nc1cnc(Nc2c(Br)cccc2Br)s1. The number of thiazole rings is 1. The van der Waals surface area contributed by atoms with Gasteiger partial charge in [-0.05, 0) is 44.0 Å². The van der Waals surface area contributed by atoms with Gasteiger partial charge in [-0.15, -0.1) is 0 Å². The van der Waals surface area contributed by atoms with E-state index in [0.717, 1.165) is 19.8 Å². The predicted molar refractivity (Wildman–Crippen MR) is 71.7 cm³/mol. The molecule has 0 amide bonds. The second kappa shape index (κ2) is 4.51. The van der Waals surface area contributed by atoms with Crippen molar-refractivity contribution in [2.24, 2.45) is 0 Å². The lowest BCUT2D eigenvalue weighted by atomic mass is 10.3. The summed E-state index contributed by atoms with van der Waals surface area (Å²) in [6.07, 6.45) is 1.64. The summed E-state index contributed by atoms with van der Waals surface area (Å²) in [5, 5.41) is 4.67. The molecule has 0 aliphatic carbocycles. The first-order valence-electron chi connectivity index (χ1n) is 4.09. The summed E-state index contributed by atoms with van der Waals surface area (Å²) in [4.78, 5) is 4.13. The second-order valence-electron chi connectivity index (χ2n) is 2.79. The van der Waals surface area contributed by atoms with Gasteiger partial charge in [-0.2, -0.15) is 0 Å². The molecule has 0 bridgehead atoms. The largest absolute Gasteiger partial charge is 0.389 e. The lowest BCUT2D eigenvalue weighted by Gasteiger charge is -2.07. The van der Waals surface area contributed by atoms with Crippen molar-refractivity contribution in [3.8, 4) is 0 Å². The average Bonchev–Trinajstić information content (AvgIpc) is 2.58. The van der Waals surface area contributed by atoms with Gasteiger partial charge in [0.1, 0.15) is 5.00 Å². The summed E-state index contributed by atoms with van der Waals surface area (Å²) in [6, 6.07) is 5.88. The summed E-state index contributed by atoms with van der Waals surface area (Å²) in [5.74, 6) is 0. The molecule has 15 heavy (non-hydrogen) atoms. The lowest BCUT2D eigenvalue weighted by molar-refractivity contribution is 1.38. The molecule has 0 spiro atoms. The molecule has 3 N–H and O–H groups in total. The Morgan fingerprint density at radius 1 is 1.27 bits per heavy atom. The molecule has 0 aliphatic rings. The number of nitrogens with zero attached hydrogens (tertiary/aromatic N) is 1. The monoisotopic (exact) mass is 347 g/mol. The normalized spacial score (nSPS) is 10.3. The van der Waals surface area contributed by atoms with Crippen LogP contribution < -0.4 is 11.1 Å². The summed E-state index contributed by atoms with van der Waals surface area (Å²) in [5.41, 5.74) is 6.55. The maximum Gasteiger partial charge on any atom is 0.189 e. The summed E-state index contributed by atoms with van der Waals surface area (Å²) >= 11 is 8.34. The van der Waals surface area contributed by atoms with Gasteiger partial charge < -0.3 is 11.1 Å². The highest BCUT2D eigenvalue weighted by Gasteiger charge is 2.06. The van der Waals surface area contributed by atoms with Gasteiger partial charge in [-0.1, -0.05) is 17.4 Å². The Hall–Kier alpha value is -0.590. The molecule has 0 aliphatic heterocycles. The van der Waals surface area contributed by atoms with Crippen molar-refractivity contribution in [3.63, 3.8) is 0 Å². The van der Waals surface area contributed by atoms with Gasteiger partial charge in [0.05, 0.1) is 11.9 Å². The fourth-order valence-corrected chi connectivity index (χ4v) is 2.85. The molecule has 2 aromatic rings. The van der Waals surface area contributed by atoms with E-state index in [0.29, 0.717) is 5.00 Å². The van der Waals surface area contributed by atoms with E-state index < -0.39 is 0 Å². The van der Waals surface area contributed by atoms with Gasteiger partial charge >= 0.3 is 0 Å². The molecule has 1 aromatic carbocycles. The number of para-hydroxylation sites is 1. The third kappa shape index (κ3) is 2.50. The van der Waals surface area contributed by atoms with E-state index in [2.05, 4.69) is 42.2 Å². The highest BCUT2D eigenvalue weighted by Crippen LogP contribution is 2.34. The Balaban J connectivity index is 2.31. The summed E-state index contributed by atoms with van der Waals surface area (Å²) in [7, 11) is 0. The number of halogens is 2. The van der Waals surface area contributed by atoms with Gasteiger partial charge in [-0.3, -0.25) is 0 Å². The van der Waals surface area contributed by atoms with Crippen molar-refractivity contribution in [2.45, 2.75) is 0 Å². The van der Waals surface area contributed by atoms with E-state index >= 15 is 0 Å². The second-order valence-corrected chi connectivity index (χ2v) is 5.56. The van der Waals surface area contributed by atoms with Crippen LogP contribution in [0.2, 0.25) is 0 Å². The predicted octanol–water partition coefficient (Wildman–Crippen LogP) is 3.99. The van der Waals surface area contributed by atoms with E-state index in [-0.39, 0.29) is 0 Å². The number of benzene rings is 1. The first kappa shape index (κ1) is 10.9. The zero-order chi connectivity index (χ0) is 10.8. The zero-order valence-electron chi connectivity index (χ0n) is 7.50. The van der Waals surface area contributed by atoms with Crippen molar-refractivity contribution < 1.29 is 0 Å². The molecule has 78 valence electrons. The van der Waals surface area contributed by atoms with E-state index in [1.807, 2.05) is 18.2 Å². The lowest BCUT2D eigenvalue weighted by Crippen LogP contribution is -1.91.